The van der Waals surface area contributed by atoms with Gasteiger partial charge in [0.05, 0.1) is 17.1 Å². The average Bonchev–Trinajstić information content (AvgIpc) is 3.98. The summed E-state index contributed by atoms with van der Waals surface area (Å²) in [7, 11) is 0. The second-order valence-electron chi connectivity index (χ2n) is 17.0. The van der Waals surface area contributed by atoms with Crippen molar-refractivity contribution in [3.8, 4) is 78.5 Å². The zero-order valence-corrected chi connectivity index (χ0v) is 37.6. The number of pyridine rings is 2. The Hall–Kier alpha value is -8.02. The van der Waals surface area contributed by atoms with Gasteiger partial charge >= 0.3 is 0 Å². The van der Waals surface area contributed by atoms with E-state index >= 15 is 0 Å². The SMILES string of the molecule is Cc1cc(C)c(N(c2cc(-c3cc(-c4ccccc4)c(C)cn3)cc(-c3ccc(C)o3)c2)c2cc(-c3cc(-c4ccccc4)c(C)cn3)cc(-c3ccc(C)o3)c2)c(-c2ccccc2)c1. The highest BCUT2D eigenvalue weighted by Gasteiger charge is 2.25. The lowest BCUT2D eigenvalue weighted by Gasteiger charge is -2.31. The van der Waals surface area contributed by atoms with E-state index in [9.17, 15) is 0 Å². The topological polar surface area (TPSA) is 55.3 Å². The third-order valence-corrected chi connectivity index (χ3v) is 12.1. The van der Waals surface area contributed by atoms with Gasteiger partial charge in [0.1, 0.15) is 23.0 Å². The molecule has 0 amide bonds. The maximum Gasteiger partial charge on any atom is 0.134 e. The number of hydrogen-bond acceptors (Lipinski definition) is 5. The molecule has 4 heterocycles. The summed E-state index contributed by atoms with van der Waals surface area (Å²) in [4.78, 5) is 12.6. The van der Waals surface area contributed by atoms with Gasteiger partial charge in [-0.15, -0.1) is 0 Å². The van der Waals surface area contributed by atoms with Crippen molar-refractivity contribution in [2.45, 2.75) is 41.5 Å². The van der Waals surface area contributed by atoms with Crippen molar-refractivity contribution >= 4 is 17.1 Å². The minimum Gasteiger partial charge on any atom is -0.461 e. The second kappa shape index (κ2) is 17.3. The van der Waals surface area contributed by atoms with E-state index in [0.717, 1.165) is 124 Å². The lowest BCUT2D eigenvalue weighted by Crippen LogP contribution is -2.14. The van der Waals surface area contributed by atoms with E-state index in [1.54, 1.807) is 0 Å². The molecule has 0 saturated heterocycles. The van der Waals surface area contributed by atoms with Crippen molar-refractivity contribution in [3.05, 3.63) is 222 Å². The molecule has 0 saturated carbocycles. The molecule has 6 aromatic carbocycles. The number of benzene rings is 6. The fraction of sp³-hybridized carbons (Fsp3) is 0.100. The van der Waals surface area contributed by atoms with Crippen LogP contribution >= 0.6 is 0 Å². The summed E-state index contributed by atoms with van der Waals surface area (Å²) in [5.74, 6) is 3.25. The van der Waals surface area contributed by atoms with Crippen LogP contribution in [0.4, 0.5) is 17.1 Å². The molecule has 5 nitrogen and oxygen atoms in total. The summed E-state index contributed by atoms with van der Waals surface area (Å²) in [5, 5.41) is 0. The lowest BCUT2D eigenvalue weighted by molar-refractivity contribution is 0.548. The molecule has 0 aliphatic rings. The Bertz CT molecular complexity index is 3150. The molecule has 4 aromatic heterocycles. The van der Waals surface area contributed by atoms with E-state index in [1.165, 1.54) is 5.56 Å². The van der Waals surface area contributed by atoms with Gasteiger partial charge in [0, 0.05) is 51.6 Å². The summed E-state index contributed by atoms with van der Waals surface area (Å²) >= 11 is 0. The lowest BCUT2D eigenvalue weighted by atomic mass is 9.94. The van der Waals surface area contributed by atoms with Crippen LogP contribution in [0, 0.1) is 41.5 Å². The van der Waals surface area contributed by atoms with E-state index < -0.39 is 0 Å². The van der Waals surface area contributed by atoms with Crippen LogP contribution in [0.1, 0.15) is 33.8 Å². The molecule has 0 aliphatic heterocycles. The summed E-state index contributed by atoms with van der Waals surface area (Å²) in [6, 6.07) is 62.3. The minimum absolute atomic E-state index is 0.780. The maximum absolute atomic E-state index is 6.41. The summed E-state index contributed by atoms with van der Waals surface area (Å²) in [6.45, 7) is 12.6. The molecule has 10 aromatic rings. The van der Waals surface area contributed by atoms with Crippen molar-refractivity contribution in [2.24, 2.45) is 0 Å². The second-order valence-corrected chi connectivity index (χ2v) is 17.0. The summed E-state index contributed by atoms with van der Waals surface area (Å²) in [6.07, 6.45) is 3.96. The Morgan fingerprint density at radius 1 is 0.354 bits per heavy atom. The van der Waals surface area contributed by atoms with E-state index in [1.807, 2.05) is 38.4 Å². The van der Waals surface area contributed by atoms with E-state index in [-0.39, 0.29) is 0 Å². The number of nitrogens with zero attached hydrogens (tertiary/aromatic N) is 3. The highest BCUT2D eigenvalue weighted by atomic mass is 16.3. The van der Waals surface area contributed by atoms with Crippen molar-refractivity contribution < 1.29 is 8.83 Å². The summed E-state index contributed by atoms with van der Waals surface area (Å²) in [5.41, 5.74) is 19.8. The average molecular weight is 844 g/mol. The van der Waals surface area contributed by atoms with Crippen molar-refractivity contribution in [3.63, 3.8) is 0 Å². The molecule has 0 atom stereocenters. The molecule has 0 aliphatic carbocycles. The molecule has 0 N–H and O–H groups in total. The molecule has 0 radical (unpaired) electrons. The first-order chi connectivity index (χ1) is 31.6. The molecule has 0 unspecified atom stereocenters. The maximum atomic E-state index is 6.41. The van der Waals surface area contributed by atoms with Crippen LogP contribution in [0.15, 0.2) is 197 Å². The van der Waals surface area contributed by atoms with Gasteiger partial charge in [0.25, 0.3) is 0 Å². The van der Waals surface area contributed by atoms with Gasteiger partial charge in [-0.3, -0.25) is 9.97 Å². The highest BCUT2D eigenvalue weighted by molar-refractivity contribution is 5.94. The smallest absolute Gasteiger partial charge is 0.134 e. The Labute approximate surface area is 381 Å². The summed E-state index contributed by atoms with van der Waals surface area (Å²) < 4.78 is 12.8. The Kier molecular flexibility index (Phi) is 10.9. The minimum atomic E-state index is 0.780. The normalized spacial score (nSPS) is 11.2. The number of hydrogen-bond donors (Lipinski definition) is 0. The van der Waals surface area contributed by atoms with Crippen LogP contribution in [-0.4, -0.2) is 9.97 Å². The number of aryl methyl sites for hydroxylation is 6. The van der Waals surface area contributed by atoms with E-state index in [0.29, 0.717) is 0 Å². The van der Waals surface area contributed by atoms with Gasteiger partial charge in [0.2, 0.25) is 0 Å². The predicted molar refractivity (Wildman–Crippen MR) is 268 cm³/mol. The molecular formula is C60H49N3O2. The molecule has 5 heteroatoms. The van der Waals surface area contributed by atoms with Gasteiger partial charge in [-0.1, -0.05) is 103 Å². The third-order valence-electron chi connectivity index (χ3n) is 12.1. The van der Waals surface area contributed by atoms with Crippen LogP contribution in [0.3, 0.4) is 0 Å². The van der Waals surface area contributed by atoms with Gasteiger partial charge in [-0.2, -0.15) is 0 Å². The first-order valence-electron chi connectivity index (χ1n) is 22.1. The predicted octanol–water partition coefficient (Wildman–Crippen LogP) is 16.7. The Morgan fingerprint density at radius 3 is 1.18 bits per heavy atom. The molecule has 0 spiro atoms. The standard InChI is InChI=1S/C60H49N3O2/c1-38-26-39(2)60(55(27-38)46-20-14-9-15-21-46)63(51-30-47(28-49(32-51)58-24-22-42(5)64-58)56-34-53(40(3)36-61-56)44-16-10-7-11-17-44)52-31-48(29-50(33-52)59-25-23-43(6)65-59)57-35-54(41(4)37-62-57)45-18-12-8-13-19-45/h7-37H,1-6H3. The first kappa shape index (κ1) is 41.0. The number of anilines is 3. The van der Waals surface area contributed by atoms with E-state index in [2.05, 4.69) is 196 Å². The zero-order chi connectivity index (χ0) is 44.6. The van der Waals surface area contributed by atoms with Crippen LogP contribution in [0.2, 0.25) is 0 Å². The Morgan fingerprint density at radius 2 is 0.769 bits per heavy atom. The first-order valence-corrected chi connectivity index (χ1v) is 22.1. The zero-order valence-electron chi connectivity index (χ0n) is 37.6. The highest BCUT2D eigenvalue weighted by Crippen LogP contribution is 2.48. The van der Waals surface area contributed by atoms with Gasteiger partial charge in [-0.25, -0.2) is 0 Å². The van der Waals surface area contributed by atoms with Crippen LogP contribution in [0.25, 0.3) is 78.5 Å². The monoisotopic (exact) mass is 843 g/mol. The quantitative estimate of drug-likeness (QED) is 0.137. The van der Waals surface area contributed by atoms with Crippen molar-refractivity contribution in [2.75, 3.05) is 4.90 Å². The van der Waals surface area contributed by atoms with Crippen molar-refractivity contribution in [1.29, 1.82) is 0 Å². The molecule has 316 valence electrons. The molecule has 0 bridgehead atoms. The van der Waals surface area contributed by atoms with Gasteiger partial charge in [-0.05, 0) is 165 Å². The largest absolute Gasteiger partial charge is 0.461 e. The number of rotatable bonds is 10. The van der Waals surface area contributed by atoms with Gasteiger partial charge < -0.3 is 13.7 Å². The fourth-order valence-corrected chi connectivity index (χ4v) is 8.96. The Balaban J connectivity index is 1.28. The van der Waals surface area contributed by atoms with E-state index in [4.69, 9.17) is 18.8 Å². The molecule has 65 heavy (non-hydrogen) atoms. The molecule has 0 fully saturated rings. The van der Waals surface area contributed by atoms with Gasteiger partial charge in [0.15, 0.2) is 0 Å². The molecular weight excluding hydrogens is 795 g/mol. The van der Waals surface area contributed by atoms with Crippen LogP contribution in [0.5, 0.6) is 0 Å². The fourth-order valence-electron chi connectivity index (χ4n) is 8.96. The third kappa shape index (κ3) is 8.32. The van der Waals surface area contributed by atoms with Crippen LogP contribution < -0.4 is 4.90 Å². The molecule has 10 rings (SSSR count). The number of aromatic nitrogens is 2. The van der Waals surface area contributed by atoms with Crippen molar-refractivity contribution in [1.82, 2.24) is 9.97 Å². The number of furan rings is 2. The van der Waals surface area contributed by atoms with Crippen LogP contribution in [-0.2, 0) is 0 Å².